The number of aliphatic hydroxyl groups excluding tert-OH is 1. The second kappa shape index (κ2) is 5.49. The van der Waals surface area contributed by atoms with Gasteiger partial charge in [0.25, 0.3) is 5.91 Å². The van der Waals surface area contributed by atoms with Crippen molar-refractivity contribution in [1.29, 1.82) is 0 Å². The average molecular weight is 201 g/mol. The molecule has 14 heavy (non-hydrogen) atoms. The van der Waals surface area contributed by atoms with E-state index in [1.807, 2.05) is 6.92 Å². The minimum atomic E-state index is -0.510. The Morgan fingerprint density at radius 3 is 3.07 bits per heavy atom. The Balaban J connectivity index is 2.30. The van der Waals surface area contributed by atoms with Crippen molar-refractivity contribution in [3.63, 3.8) is 0 Å². The first-order valence-electron chi connectivity index (χ1n) is 4.65. The molecule has 0 spiro atoms. The van der Waals surface area contributed by atoms with Gasteiger partial charge in [0, 0.05) is 6.54 Å². The smallest absolute Gasteiger partial charge is 0.289 e. The van der Waals surface area contributed by atoms with Crippen molar-refractivity contribution in [2.45, 2.75) is 19.4 Å². The Kier molecular flexibility index (Phi) is 4.25. The Bertz CT molecular complexity index is 227. The summed E-state index contributed by atoms with van der Waals surface area (Å²) in [5.41, 5.74) is 0. The van der Waals surface area contributed by atoms with Gasteiger partial charge in [-0.3, -0.25) is 4.79 Å². The average Bonchev–Trinajstić information content (AvgIpc) is 2.26. The van der Waals surface area contributed by atoms with Gasteiger partial charge in [0.1, 0.15) is 19.5 Å². The lowest BCUT2D eigenvalue weighted by atomic mass is 10.3. The van der Waals surface area contributed by atoms with Crippen LogP contribution in [0.4, 0.5) is 0 Å². The maximum absolute atomic E-state index is 11.3. The summed E-state index contributed by atoms with van der Waals surface area (Å²) in [4.78, 5) is 11.3. The monoisotopic (exact) mass is 201 g/mol. The summed E-state index contributed by atoms with van der Waals surface area (Å²) in [6.07, 6.45) is 1.39. The molecule has 0 fully saturated rings. The Labute approximate surface area is 82.7 Å². The molecule has 0 aromatic carbocycles. The highest BCUT2D eigenvalue weighted by molar-refractivity contribution is 5.91. The minimum absolute atomic E-state index is 0.166. The molecule has 1 amide bonds. The third-order valence-corrected chi connectivity index (χ3v) is 1.84. The second-order valence-corrected chi connectivity index (χ2v) is 2.97. The second-order valence-electron chi connectivity index (χ2n) is 2.97. The van der Waals surface area contributed by atoms with Gasteiger partial charge >= 0.3 is 0 Å². The molecular formula is C9H15NO4. The number of ether oxygens (including phenoxy) is 2. The summed E-state index contributed by atoms with van der Waals surface area (Å²) < 4.78 is 9.97. The molecule has 0 aromatic heterocycles. The van der Waals surface area contributed by atoms with Crippen LogP contribution in [0, 0.1) is 0 Å². The molecule has 1 rings (SSSR count). The van der Waals surface area contributed by atoms with Crippen molar-refractivity contribution < 1.29 is 19.4 Å². The maximum Gasteiger partial charge on any atom is 0.289 e. The molecule has 1 aliphatic rings. The number of hydrogen-bond acceptors (Lipinski definition) is 4. The van der Waals surface area contributed by atoms with Crippen LogP contribution in [0.15, 0.2) is 12.0 Å². The Morgan fingerprint density at radius 1 is 1.71 bits per heavy atom. The van der Waals surface area contributed by atoms with Crippen LogP contribution >= 0.6 is 0 Å². The SMILES string of the molecule is CCC(O)CNC(=O)C1=COCCO1. The zero-order valence-corrected chi connectivity index (χ0v) is 8.16. The minimum Gasteiger partial charge on any atom is -0.494 e. The summed E-state index contributed by atoms with van der Waals surface area (Å²) >= 11 is 0. The number of carbonyl (C=O) groups is 1. The molecule has 1 aliphatic heterocycles. The number of carbonyl (C=O) groups excluding carboxylic acids is 1. The van der Waals surface area contributed by atoms with E-state index in [1.54, 1.807) is 0 Å². The highest BCUT2D eigenvalue weighted by atomic mass is 16.6. The topological polar surface area (TPSA) is 67.8 Å². The molecule has 2 N–H and O–H groups in total. The third-order valence-electron chi connectivity index (χ3n) is 1.84. The van der Waals surface area contributed by atoms with Gasteiger partial charge in [-0.1, -0.05) is 6.92 Å². The number of nitrogens with one attached hydrogen (secondary N) is 1. The van der Waals surface area contributed by atoms with Crippen LogP contribution in [-0.2, 0) is 14.3 Å². The summed E-state index contributed by atoms with van der Waals surface area (Å²) in [6.45, 7) is 2.93. The molecule has 0 radical (unpaired) electrons. The summed E-state index contributed by atoms with van der Waals surface area (Å²) in [5.74, 6) is -0.184. The van der Waals surface area contributed by atoms with Crippen LogP contribution < -0.4 is 5.32 Å². The van der Waals surface area contributed by atoms with Gasteiger partial charge in [0.2, 0.25) is 5.76 Å². The van der Waals surface area contributed by atoms with E-state index >= 15 is 0 Å². The van der Waals surface area contributed by atoms with Crippen molar-refractivity contribution in [2.75, 3.05) is 19.8 Å². The largest absolute Gasteiger partial charge is 0.494 e. The fourth-order valence-electron chi connectivity index (χ4n) is 0.929. The van der Waals surface area contributed by atoms with Crippen LogP contribution in [0.1, 0.15) is 13.3 Å². The lowest BCUT2D eigenvalue weighted by Gasteiger charge is -2.15. The first-order valence-corrected chi connectivity index (χ1v) is 4.65. The van der Waals surface area contributed by atoms with Crippen LogP contribution in [0.2, 0.25) is 0 Å². The van der Waals surface area contributed by atoms with Crippen molar-refractivity contribution in [3.05, 3.63) is 12.0 Å². The van der Waals surface area contributed by atoms with E-state index in [2.05, 4.69) is 5.32 Å². The first-order chi connectivity index (χ1) is 6.74. The normalized spacial score (nSPS) is 17.4. The molecule has 0 aliphatic carbocycles. The molecule has 5 heteroatoms. The predicted octanol–water partition coefficient (Wildman–Crippen LogP) is -0.238. The van der Waals surface area contributed by atoms with E-state index in [-0.39, 0.29) is 18.2 Å². The third kappa shape index (κ3) is 3.26. The van der Waals surface area contributed by atoms with Crippen molar-refractivity contribution in [1.82, 2.24) is 5.32 Å². The quantitative estimate of drug-likeness (QED) is 0.659. The molecular weight excluding hydrogens is 186 g/mol. The Morgan fingerprint density at radius 2 is 2.50 bits per heavy atom. The standard InChI is InChI=1S/C9H15NO4/c1-2-7(11)5-10-9(12)8-6-13-3-4-14-8/h6-7,11H,2-5H2,1H3,(H,10,12). The molecule has 1 heterocycles. The Hall–Kier alpha value is -1.23. The van der Waals surface area contributed by atoms with Gasteiger partial charge in [-0.05, 0) is 6.42 Å². The predicted molar refractivity (Wildman–Crippen MR) is 49.3 cm³/mol. The van der Waals surface area contributed by atoms with Crippen molar-refractivity contribution >= 4 is 5.91 Å². The zero-order chi connectivity index (χ0) is 10.4. The van der Waals surface area contributed by atoms with Gasteiger partial charge in [-0.2, -0.15) is 0 Å². The molecule has 1 atom stereocenters. The molecule has 5 nitrogen and oxygen atoms in total. The molecule has 0 saturated carbocycles. The molecule has 0 aromatic rings. The van der Waals surface area contributed by atoms with Gasteiger partial charge < -0.3 is 19.9 Å². The van der Waals surface area contributed by atoms with E-state index in [9.17, 15) is 9.90 Å². The van der Waals surface area contributed by atoms with E-state index < -0.39 is 6.10 Å². The number of rotatable bonds is 4. The molecule has 1 unspecified atom stereocenters. The number of aliphatic hydroxyl groups is 1. The zero-order valence-electron chi connectivity index (χ0n) is 8.16. The maximum atomic E-state index is 11.3. The number of amides is 1. The van der Waals surface area contributed by atoms with Gasteiger partial charge in [-0.15, -0.1) is 0 Å². The van der Waals surface area contributed by atoms with Crippen molar-refractivity contribution in [3.8, 4) is 0 Å². The van der Waals surface area contributed by atoms with E-state index in [0.29, 0.717) is 19.6 Å². The highest BCUT2D eigenvalue weighted by Gasteiger charge is 2.15. The molecule has 0 bridgehead atoms. The molecule has 0 saturated heterocycles. The van der Waals surface area contributed by atoms with Crippen molar-refractivity contribution in [2.24, 2.45) is 0 Å². The number of hydrogen-bond donors (Lipinski definition) is 2. The lowest BCUT2D eigenvalue weighted by Crippen LogP contribution is -2.34. The summed E-state index contributed by atoms with van der Waals surface area (Å²) in [5, 5.41) is 11.7. The first kappa shape index (κ1) is 10.8. The fourth-order valence-corrected chi connectivity index (χ4v) is 0.929. The lowest BCUT2D eigenvalue weighted by molar-refractivity contribution is -0.122. The van der Waals surface area contributed by atoms with E-state index in [0.717, 1.165) is 0 Å². The summed E-state index contributed by atoms with van der Waals surface area (Å²) in [6, 6.07) is 0. The summed E-state index contributed by atoms with van der Waals surface area (Å²) in [7, 11) is 0. The van der Waals surface area contributed by atoms with E-state index in [4.69, 9.17) is 9.47 Å². The van der Waals surface area contributed by atoms with Crippen LogP contribution in [0.5, 0.6) is 0 Å². The van der Waals surface area contributed by atoms with Crippen LogP contribution in [0.3, 0.4) is 0 Å². The van der Waals surface area contributed by atoms with Crippen LogP contribution in [-0.4, -0.2) is 36.9 Å². The van der Waals surface area contributed by atoms with Gasteiger partial charge in [-0.25, -0.2) is 0 Å². The highest BCUT2D eigenvalue weighted by Crippen LogP contribution is 2.03. The van der Waals surface area contributed by atoms with Gasteiger partial charge in [0.05, 0.1) is 6.10 Å². The van der Waals surface area contributed by atoms with Crippen LogP contribution in [0.25, 0.3) is 0 Å². The molecule has 80 valence electrons. The van der Waals surface area contributed by atoms with E-state index in [1.165, 1.54) is 6.26 Å². The fraction of sp³-hybridized carbons (Fsp3) is 0.667. The van der Waals surface area contributed by atoms with Gasteiger partial charge in [0.15, 0.2) is 0 Å².